The van der Waals surface area contributed by atoms with Crippen LogP contribution in [0.1, 0.15) is 31.7 Å². The van der Waals surface area contributed by atoms with Crippen molar-refractivity contribution in [3.63, 3.8) is 0 Å². The zero-order chi connectivity index (χ0) is 14.2. The summed E-state index contributed by atoms with van der Waals surface area (Å²) in [6, 6.07) is 2.44. The predicted molar refractivity (Wildman–Crippen MR) is 72.7 cm³/mol. The molecule has 3 N–H and O–H groups in total. The Labute approximate surface area is 113 Å². The Bertz CT molecular complexity index is 563. The second-order valence-corrected chi connectivity index (χ2v) is 6.99. The molecule has 1 fully saturated rings. The molecule has 0 radical (unpaired) electrons. The van der Waals surface area contributed by atoms with E-state index in [1.807, 2.05) is 6.92 Å². The molecule has 1 saturated carbocycles. The molecule has 0 heterocycles. The molecule has 0 amide bonds. The van der Waals surface area contributed by atoms with Crippen LogP contribution in [0.5, 0.6) is 0 Å². The highest BCUT2D eigenvalue weighted by Gasteiger charge is 2.28. The number of anilines is 1. The van der Waals surface area contributed by atoms with Gasteiger partial charge >= 0.3 is 0 Å². The summed E-state index contributed by atoms with van der Waals surface area (Å²) >= 11 is 0. The number of nitrogens with two attached hydrogens (primary N) is 1. The Hall–Kier alpha value is -1.14. The Kier molecular flexibility index (Phi) is 3.82. The van der Waals surface area contributed by atoms with Crippen LogP contribution >= 0.6 is 0 Å². The predicted octanol–water partition coefficient (Wildman–Crippen LogP) is 2.18. The van der Waals surface area contributed by atoms with Crippen molar-refractivity contribution in [1.82, 2.24) is 4.72 Å². The molecular weight excluding hydrogens is 267 g/mol. The van der Waals surface area contributed by atoms with Gasteiger partial charge in [0.1, 0.15) is 5.82 Å². The Morgan fingerprint density at radius 3 is 2.58 bits per heavy atom. The van der Waals surface area contributed by atoms with Gasteiger partial charge in [0.25, 0.3) is 0 Å². The van der Waals surface area contributed by atoms with Gasteiger partial charge in [-0.1, -0.05) is 13.3 Å². The molecule has 2 rings (SSSR count). The SMILES string of the molecule is Cc1cc(S(=O)(=O)NC2CCCC2C)cc(N)c1F. The number of nitrogen functional groups attached to an aromatic ring is 1. The van der Waals surface area contributed by atoms with Crippen LogP contribution in [0, 0.1) is 18.7 Å². The van der Waals surface area contributed by atoms with E-state index in [-0.39, 0.29) is 22.2 Å². The molecule has 106 valence electrons. The van der Waals surface area contributed by atoms with Gasteiger partial charge in [0, 0.05) is 6.04 Å². The summed E-state index contributed by atoms with van der Waals surface area (Å²) in [4.78, 5) is 0.0306. The van der Waals surface area contributed by atoms with Gasteiger partial charge in [-0.15, -0.1) is 0 Å². The number of hydrogen-bond acceptors (Lipinski definition) is 3. The summed E-state index contributed by atoms with van der Waals surface area (Å²) in [6.07, 6.45) is 2.90. The number of hydrogen-bond donors (Lipinski definition) is 2. The van der Waals surface area contributed by atoms with E-state index < -0.39 is 15.8 Å². The summed E-state index contributed by atoms with van der Waals surface area (Å²) < 4.78 is 40.6. The molecule has 2 unspecified atom stereocenters. The zero-order valence-corrected chi connectivity index (χ0v) is 11.9. The molecule has 4 nitrogen and oxygen atoms in total. The van der Waals surface area contributed by atoms with E-state index in [0.717, 1.165) is 19.3 Å². The lowest BCUT2D eigenvalue weighted by molar-refractivity contribution is 0.476. The number of halogens is 1. The first-order chi connectivity index (χ1) is 8.81. The Morgan fingerprint density at radius 1 is 1.37 bits per heavy atom. The second-order valence-electron chi connectivity index (χ2n) is 5.28. The minimum absolute atomic E-state index is 0.0306. The first kappa shape index (κ1) is 14.3. The van der Waals surface area contributed by atoms with Gasteiger partial charge in [-0.3, -0.25) is 0 Å². The van der Waals surface area contributed by atoms with Crippen LogP contribution in [-0.4, -0.2) is 14.5 Å². The first-order valence-electron chi connectivity index (χ1n) is 6.39. The normalized spacial score (nSPS) is 23.7. The highest BCUT2D eigenvalue weighted by atomic mass is 32.2. The molecule has 19 heavy (non-hydrogen) atoms. The number of rotatable bonds is 3. The van der Waals surface area contributed by atoms with E-state index in [0.29, 0.717) is 5.92 Å². The lowest BCUT2D eigenvalue weighted by atomic mass is 10.1. The van der Waals surface area contributed by atoms with Crippen LogP contribution in [0.15, 0.2) is 17.0 Å². The Morgan fingerprint density at radius 2 is 2.05 bits per heavy atom. The van der Waals surface area contributed by atoms with E-state index >= 15 is 0 Å². The van der Waals surface area contributed by atoms with Crippen LogP contribution < -0.4 is 10.5 Å². The maximum absolute atomic E-state index is 13.4. The van der Waals surface area contributed by atoms with Gasteiger partial charge < -0.3 is 5.73 Å². The fourth-order valence-electron chi connectivity index (χ4n) is 2.51. The number of nitrogens with one attached hydrogen (secondary N) is 1. The molecule has 1 aromatic carbocycles. The van der Waals surface area contributed by atoms with E-state index in [4.69, 9.17) is 5.73 Å². The number of benzene rings is 1. The van der Waals surface area contributed by atoms with Crippen molar-refractivity contribution in [1.29, 1.82) is 0 Å². The molecule has 1 aliphatic rings. The van der Waals surface area contributed by atoms with Crippen molar-refractivity contribution in [3.8, 4) is 0 Å². The van der Waals surface area contributed by atoms with Crippen LogP contribution in [-0.2, 0) is 10.0 Å². The zero-order valence-electron chi connectivity index (χ0n) is 11.1. The van der Waals surface area contributed by atoms with Crippen LogP contribution in [0.2, 0.25) is 0 Å². The lowest BCUT2D eigenvalue weighted by Crippen LogP contribution is -2.36. The molecule has 1 aliphatic carbocycles. The molecule has 1 aromatic rings. The van der Waals surface area contributed by atoms with Crippen molar-refractivity contribution in [2.75, 3.05) is 5.73 Å². The number of aryl methyl sites for hydroxylation is 1. The van der Waals surface area contributed by atoms with Crippen molar-refractivity contribution in [3.05, 3.63) is 23.5 Å². The minimum atomic E-state index is -3.64. The van der Waals surface area contributed by atoms with Crippen molar-refractivity contribution >= 4 is 15.7 Å². The van der Waals surface area contributed by atoms with Crippen LogP contribution in [0.25, 0.3) is 0 Å². The second kappa shape index (κ2) is 5.09. The third-order valence-corrected chi connectivity index (χ3v) is 5.20. The first-order valence-corrected chi connectivity index (χ1v) is 7.87. The van der Waals surface area contributed by atoms with E-state index in [1.54, 1.807) is 0 Å². The van der Waals surface area contributed by atoms with Gasteiger partial charge in [0.15, 0.2) is 0 Å². The molecule has 0 bridgehead atoms. The van der Waals surface area contributed by atoms with Gasteiger partial charge in [-0.05, 0) is 43.4 Å². The topological polar surface area (TPSA) is 72.2 Å². The summed E-state index contributed by atoms with van der Waals surface area (Å²) in [5.74, 6) is -0.234. The van der Waals surface area contributed by atoms with E-state index in [9.17, 15) is 12.8 Å². The molecular formula is C13H19FN2O2S. The smallest absolute Gasteiger partial charge is 0.240 e. The van der Waals surface area contributed by atoms with Crippen molar-refractivity contribution in [2.45, 2.75) is 44.0 Å². The van der Waals surface area contributed by atoms with Crippen LogP contribution in [0.4, 0.5) is 10.1 Å². The molecule has 6 heteroatoms. The summed E-state index contributed by atoms with van der Waals surface area (Å²) in [5, 5.41) is 0. The quantitative estimate of drug-likeness (QED) is 0.837. The van der Waals surface area contributed by atoms with Gasteiger partial charge in [0.2, 0.25) is 10.0 Å². The largest absolute Gasteiger partial charge is 0.396 e. The van der Waals surface area contributed by atoms with Gasteiger partial charge in [0.05, 0.1) is 10.6 Å². The average molecular weight is 286 g/mol. The summed E-state index contributed by atoms with van der Waals surface area (Å²) in [6.45, 7) is 3.54. The molecule has 0 spiro atoms. The summed E-state index contributed by atoms with van der Waals surface area (Å²) in [7, 11) is -3.64. The fraction of sp³-hybridized carbons (Fsp3) is 0.538. The molecule has 0 aliphatic heterocycles. The van der Waals surface area contributed by atoms with Crippen molar-refractivity contribution in [2.24, 2.45) is 5.92 Å². The number of sulfonamides is 1. The van der Waals surface area contributed by atoms with Crippen molar-refractivity contribution < 1.29 is 12.8 Å². The highest BCUT2D eigenvalue weighted by Crippen LogP contribution is 2.27. The lowest BCUT2D eigenvalue weighted by Gasteiger charge is -2.18. The maximum Gasteiger partial charge on any atom is 0.240 e. The van der Waals surface area contributed by atoms with Crippen LogP contribution in [0.3, 0.4) is 0 Å². The maximum atomic E-state index is 13.4. The highest BCUT2D eigenvalue weighted by molar-refractivity contribution is 7.89. The monoisotopic (exact) mass is 286 g/mol. The Balaban J connectivity index is 2.29. The van der Waals surface area contributed by atoms with Gasteiger partial charge in [-0.25, -0.2) is 17.5 Å². The van der Waals surface area contributed by atoms with Gasteiger partial charge in [-0.2, -0.15) is 0 Å². The fourth-order valence-corrected chi connectivity index (χ4v) is 4.00. The molecule has 0 saturated heterocycles. The average Bonchev–Trinajstić information content (AvgIpc) is 2.70. The third-order valence-electron chi connectivity index (χ3n) is 3.73. The third kappa shape index (κ3) is 2.90. The molecule has 0 aromatic heterocycles. The summed E-state index contributed by atoms with van der Waals surface area (Å²) in [5.41, 5.74) is 5.58. The van der Waals surface area contributed by atoms with E-state index in [1.165, 1.54) is 19.1 Å². The standard InChI is InChI=1S/C13H19FN2O2S/c1-8-4-3-5-12(8)16-19(17,18)10-6-9(2)13(14)11(15)7-10/h6-8,12,16H,3-5,15H2,1-2H3. The van der Waals surface area contributed by atoms with E-state index in [2.05, 4.69) is 4.72 Å². The minimum Gasteiger partial charge on any atom is -0.396 e. The molecule has 2 atom stereocenters.